The van der Waals surface area contributed by atoms with Crippen LogP contribution in [-0.2, 0) is 4.74 Å². The Hall–Kier alpha value is -3.88. The molecule has 4 aromatic rings. The molecule has 7 nitrogen and oxygen atoms in total. The molecule has 2 fully saturated rings. The Morgan fingerprint density at radius 2 is 1.73 bits per heavy atom. The summed E-state index contributed by atoms with van der Waals surface area (Å²) >= 11 is 5.94. The molecule has 4 heterocycles. The molecule has 0 saturated carbocycles. The maximum absolute atomic E-state index is 5.94. The maximum Gasteiger partial charge on any atom is 0.174 e. The fourth-order valence-electron chi connectivity index (χ4n) is 5.21. The van der Waals surface area contributed by atoms with Gasteiger partial charge in [0.05, 0.1) is 32.1 Å². The van der Waals surface area contributed by atoms with Crippen LogP contribution in [-0.4, -0.2) is 48.1 Å². The van der Waals surface area contributed by atoms with Gasteiger partial charge in [-0.15, -0.1) is 0 Å². The molecule has 188 valence electrons. The van der Waals surface area contributed by atoms with E-state index in [1.807, 2.05) is 36.5 Å². The molecule has 2 saturated heterocycles. The van der Waals surface area contributed by atoms with Crippen LogP contribution in [0.1, 0.15) is 23.5 Å². The van der Waals surface area contributed by atoms with Gasteiger partial charge in [-0.1, -0.05) is 12.1 Å². The van der Waals surface area contributed by atoms with Crippen LogP contribution in [0.3, 0.4) is 0 Å². The lowest BCUT2D eigenvalue weighted by molar-refractivity contribution is 0.122. The quantitative estimate of drug-likeness (QED) is 0.370. The number of hydrogen-bond acceptors (Lipinski definition) is 5. The number of hydrogen-bond donors (Lipinski definition) is 1. The van der Waals surface area contributed by atoms with Crippen LogP contribution in [0.4, 0.5) is 11.4 Å². The molecule has 0 bridgehead atoms. The molecular formula is C29H29N5O2S. The Labute approximate surface area is 222 Å². The first-order chi connectivity index (χ1) is 18.2. The molecule has 2 aliphatic heterocycles. The van der Waals surface area contributed by atoms with Crippen LogP contribution < -0.4 is 19.9 Å². The summed E-state index contributed by atoms with van der Waals surface area (Å²) in [5.41, 5.74) is 5.31. The molecule has 1 N–H and O–H groups in total. The highest BCUT2D eigenvalue weighted by Gasteiger charge is 2.42. The Kier molecular flexibility index (Phi) is 6.51. The number of methoxy groups -OCH3 is 1. The Morgan fingerprint density at radius 3 is 2.49 bits per heavy atom. The van der Waals surface area contributed by atoms with Gasteiger partial charge in [-0.2, -0.15) is 0 Å². The summed E-state index contributed by atoms with van der Waals surface area (Å²) in [6.45, 7) is 3.33. The largest absolute Gasteiger partial charge is 0.497 e. The molecule has 8 heteroatoms. The van der Waals surface area contributed by atoms with Crippen molar-refractivity contribution >= 4 is 28.7 Å². The van der Waals surface area contributed by atoms with Crippen molar-refractivity contribution in [3.05, 3.63) is 103 Å². The van der Waals surface area contributed by atoms with Crippen LogP contribution in [0.25, 0.3) is 5.69 Å². The minimum Gasteiger partial charge on any atom is -0.497 e. The highest BCUT2D eigenvalue weighted by atomic mass is 32.1. The van der Waals surface area contributed by atoms with Gasteiger partial charge in [0.15, 0.2) is 5.11 Å². The zero-order valence-corrected chi connectivity index (χ0v) is 21.5. The number of anilines is 2. The van der Waals surface area contributed by atoms with E-state index in [4.69, 9.17) is 26.7 Å². The number of nitrogens with zero attached hydrogens (tertiary/aromatic N) is 4. The molecule has 0 spiro atoms. The van der Waals surface area contributed by atoms with Crippen molar-refractivity contribution in [2.24, 2.45) is 0 Å². The molecule has 2 aliphatic rings. The van der Waals surface area contributed by atoms with Crippen molar-refractivity contribution in [2.45, 2.75) is 12.1 Å². The van der Waals surface area contributed by atoms with Crippen LogP contribution in [0.2, 0.25) is 0 Å². The molecular weight excluding hydrogens is 482 g/mol. The molecule has 0 aliphatic carbocycles. The number of ether oxygens (including phenoxy) is 2. The number of aromatic nitrogens is 2. The van der Waals surface area contributed by atoms with E-state index in [1.54, 1.807) is 7.11 Å². The third kappa shape index (κ3) is 4.54. The fourth-order valence-corrected chi connectivity index (χ4v) is 5.56. The van der Waals surface area contributed by atoms with Crippen LogP contribution >= 0.6 is 12.2 Å². The molecule has 0 unspecified atom stereocenters. The van der Waals surface area contributed by atoms with Crippen LogP contribution in [0.15, 0.2) is 91.3 Å². The number of nitrogens with one attached hydrogen (secondary N) is 1. The fraction of sp³-hybridized carbons (Fsp3) is 0.241. The van der Waals surface area contributed by atoms with E-state index < -0.39 is 0 Å². The van der Waals surface area contributed by atoms with Gasteiger partial charge in [-0.25, -0.2) is 0 Å². The first kappa shape index (κ1) is 23.5. The smallest absolute Gasteiger partial charge is 0.174 e. The van der Waals surface area contributed by atoms with Crippen molar-refractivity contribution in [1.82, 2.24) is 14.9 Å². The normalized spacial score (nSPS) is 19.6. The second-order valence-corrected chi connectivity index (χ2v) is 9.50. The third-order valence-corrected chi connectivity index (χ3v) is 7.33. The van der Waals surface area contributed by atoms with Crippen LogP contribution in [0.5, 0.6) is 5.75 Å². The van der Waals surface area contributed by atoms with E-state index in [1.165, 1.54) is 5.69 Å². The zero-order valence-electron chi connectivity index (χ0n) is 20.7. The highest BCUT2D eigenvalue weighted by Crippen LogP contribution is 2.42. The van der Waals surface area contributed by atoms with E-state index in [0.717, 1.165) is 54.8 Å². The van der Waals surface area contributed by atoms with E-state index in [-0.39, 0.29) is 12.1 Å². The first-order valence-corrected chi connectivity index (χ1v) is 12.9. The van der Waals surface area contributed by atoms with Crippen molar-refractivity contribution in [3.63, 3.8) is 0 Å². The van der Waals surface area contributed by atoms with Gasteiger partial charge in [-0.3, -0.25) is 4.98 Å². The SMILES string of the molecule is COc1cccc(-n2cccc2[C@H]2[C@@H](c3ccccn3)NC(=S)N2c2ccc(N3CCOCC3)cc2)c1. The lowest BCUT2D eigenvalue weighted by Gasteiger charge is -2.31. The standard InChI is InChI=1S/C29H29N5O2S/c1-35-24-7-4-6-23(20-24)33-15-5-9-26(33)28-27(25-8-2-3-14-30-25)31-29(37)34(28)22-12-10-21(11-13-22)32-16-18-36-19-17-32/h2-15,20,27-28H,16-19H2,1H3,(H,31,37)/t27-,28+/m1/s1. The lowest BCUT2D eigenvalue weighted by atomic mass is 10.0. The van der Waals surface area contributed by atoms with Crippen LogP contribution in [0, 0.1) is 0 Å². The Balaban J connectivity index is 1.42. The number of thiocarbonyl (C=S) groups is 1. The number of benzene rings is 2. The Bertz CT molecular complexity index is 1370. The van der Waals surface area contributed by atoms with Gasteiger partial charge in [0.25, 0.3) is 0 Å². The summed E-state index contributed by atoms with van der Waals surface area (Å²) in [5.74, 6) is 0.814. The van der Waals surface area contributed by atoms with Crippen molar-refractivity contribution in [1.29, 1.82) is 0 Å². The first-order valence-electron chi connectivity index (χ1n) is 12.5. The monoisotopic (exact) mass is 511 g/mol. The highest BCUT2D eigenvalue weighted by molar-refractivity contribution is 7.80. The molecule has 2 aromatic heterocycles. The minimum atomic E-state index is -0.119. The molecule has 6 rings (SSSR count). The Morgan fingerprint density at radius 1 is 0.919 bits per heavy atom. The van der Waals surface area contributed by atoms with E-state index in [0.29, 0.717) is 5.11 Å². The predicted molar refractivity (Wildman–Crippen MR) is 150 cm³/mol. The average molecular weight is 512 g/mol. The van der Waals surface area contributed by atoms with Crippen molar-refractivity contribution in [3.8, 4) is 11.4 Å². The molecule has 37 heavy (non-hydrogen) atoms. The van der Waals surface area contributed by atoms with E-state index in [9.17, 15) is 0 Å². The second kappa shape index (κ2) is 10.2. The van der Waals surface area contributed by atoms with Gasteiger partial charge in [0.2, 0.25) is 0 Å². The zero-order chi connectivity index (χ0) is 25.2. The van der Waals surface area contributed by atoms with Gasteiger partial charge in [-0.05, 0) is 72.9 Å². The number of rotatable bonds is 6. The molecule has 2 aromatic carbocycles. The van der Waals surface area contributed by atoms with E-state index in [2.05, 4.69) is 74.4 Å². The van der Waals surface area contributed by atoms with Crippen molar-refractivity contribution in [2.75, 3.05) is 43.2 Å². The van der Waals surface area contributed by atoms with Gasteiger partial charge in [0, 0.05) is 54.3 Å². The van der Waals surface area contributed by atoms with Gasteiger partial charge < -0.3 is 29.2 Å². The third-order valence-electron chi connectivity index (χ3n) is 7.02. The van der Waals surface area contributed by atoms with Gasteiger partial charge >= 0.3 is 0 Å². The lowest BCUT2D eigenvalue weighted by Crippen LogP contribution is -2.36. The van der Waals surface area contributed by atoms with Gasteiger partial charge in [0.1, 0.15) is 11.8 Å². The predicted octanol–water partition coefficient (Wildman–Crippen LogP) is 4.89. The summed E-state index contributed by atoms with van der Waals surface area (Å²) in [6, 6.07) is 26.8. The number of pyridine rings is 1. The molecule has 0 amide bonds. The summed E-state index contributed by atoms with van der Waals surface area (Å²) in [7, 11) is 1.69. The topological polar surface area (TPSA) is 54.8 Å². The molecule has 2 atom stereocenters. The number of morpholine rings is 1. The second-order valence-electron chi connectivity index (χ2n) is 9.12. The molecule has 0 radical (unpaired) electrons. The summed E-state index contributed by atoms with van der Waals surface area (Å²) in [5, 5.41) is 4.25. The average Bonchev–Trinajstić information content (AvgIpc) is 3.58. The van der Waals surface area contributed by atoms with Crippen molar-refractivity contribution < 1.29 is 9.47 Å². The summed E-state index contributed by atoms with van der Waals surface area (Å²) in [4.78, 5) is 9.26. The van der Waals surface area contributed by atoms with E-state index >= 15 is 0 Å². The summed E-state index contributed by atoms with van der Waals surface area (Å²) in [6.07, 6.45) is 3.92. The maximum atomic E-state index is 5.94. The minimum absolute atomic E-state index is 0.113. The summed E-state index contributed by atoms with van der Waals surface area (Å²) < 4.78 is 13.2.